The Morgan fingerprint density at radius 3 is 2.22 bits per heavy atom. The number of ether oxygens (including phenoxy) is 1. The first kappa shape index (κ1) is 22.5. The van der Waals surface area contributed by atoms with Crippen molar-refractivity contribution in [2.75, 3.05) is 32.1 Å². The summed E-state index contributed by atoms with van der Waals surface area (Å²) in [5, 5.41) is 5.25. The van der Waals surface area contributed by atoms with Gasteiger partial charge in [-0.05, 0) is 36.1 Å². The lowest BCUT2D eigenvalue weighted by Gasteiger charge is -2.26. The Morgan fingerprint density at radius 1 is 1.07 bits per heavy atom. The SMILES string of the molecule is CCCN(CC(=O)NCC(=O)Nc1ccc(OC)cc1)C(=O)CC(C)(C)C. The number of hydrogen-bond acceptors (Lipinski definition) is 4. The summed E-state index contributed by atoms with van der Waals surface area (Å²) in [7, 11) is 1.57. The van der Waals surface area contributed by atoms with E-state index in [1.165, 1.54) is 0 Å². The van der Waals surface area contributed by atoms with Gasteiger partial charge in [0.1, 0.15) is 5.75 Å². The van der Waals surface area contributed by atoms with Crippen LogP contribution in [-0.2, 0) is 14.4 Å². The fraction of sp³-hybridized carbons (Fsp3) is 0.550. The average Bonchev–Trinajstić information content (AvgIpc) is 2.59. The third-order valence-corrected chi connectivity index (χ3v) is 3.68. The molecule has 0 aliphatic rings. The van der Waals surface area contributed by atoms with Gasteiger partial charge in [0, 0.05) is 18.7 Å². The van der Waals surface area contributed by atoms with Crippen molar-refractivity contribution >= 4 is 23.4 Å². The summed E-state index contributed by atoms with van der Waals surface area (Å²) < 4.78 is 5.06. The van der Waals surface area contributed by atoms with Gasteiger partial charge in [-0.1, -0.05) is 27.7 Å². The van der Waals surface area contributed by atoms with Gasteiger partial charge in [0.25, 0.3) is 0 Å². The van der Waals surface area contributed by atoms with Crippen molar-refractivity contribution in [2.24, 2.45) is 5.41 Å². The van der Waals surface area contributed by atoms with Crippen molar-refractivity contribution < 1.29 is 19.1 Å². The molecule has 0 aliphatic heterocycles. The molecule has 2 N–H and O–H groups in total. The second kappa shape index (κ2) is 10.5. The van der Waals surface area contributed by atoms with E-state index < -0.39 is 0 Å². The van der Waals surface area contributed by atoms with Gasteiger partial charge in [0.15, 0.2) is 0 Å². The van der Waals surface area contributed by atoms with E-state index in [-0.39, 0.29) is 36.2 Å². The van der Waals surface area contributed by atoms with E-state index in [4.69, 9.17) is 4.74 Å². The normalized spacial score (nSPS) is 10.9. The fourth-order valence-electron chi connectivity index (χ4n) is 2.41. The Balaban J connectivity index is 2.48. The first-order valence-corrected chi connectivity index (χ1v) is 9.13. The van der Waals surface area contributed by atoms with Crippen molar-refractivity contribution in [3.63, 3.8) is 0 Å². The zero-order chi connectivity index (χ0) is 20.4. The van der Waals surface area contributed by atoms with Gasteiger partial charge in [0.2, 0.25) is 17.7 Å². The standard InChI is InChI=1S/C20H31N3O4/c1-6-11-23(19(26)12-20(2,3)4)14-18(25)21-13-17(24)22-15-7-9-16(27-5)10-8-15/h7-10H,6,11-14H2,1-5H3,(H,21,25)(H,22,24). The van der Waals surface area contributed by atoms with E-state index in [9.17, 15) is 14.4 Å². The average molecular weight is 377 g/mol. The van der Waals surface area contributed by atoms with Crippen LogP contribution in [0.2, 0.25) is 0 Å². The van der Waals surface area contributed by atoms with Crippen molar-refractivity contribution in [2.45, 2.75) is 40.5 Å². The van der Waals surface area contributed by atoms with Crippen LogP contribution in [0, 0.1) is 5.41 Å². The van der Waals surface area contributed by atoms with Crippen LogP contribution in [0.25, 0.3) is 0 Å². The number of methoxy groups -OCH3 is 1. The summed E-state index contributed by atoms with van der Waals surface area (Å²) in [6.45, 7) is 8.23. The predicted molar refractivity (Wildman–Crippen MR) is 106 cm³/mol. The molecule has 0 unspecified atom stereocenters. The highest BCUT2D eigenvalue weighted by atomic mass is 16.5. The van der Waals surface area contributed by atoms with E-state index >= 15 is 0 Å². The van der Waals surface area contributed by atoms with Crippen LogP contribution in [0.5, 0.6) is 5.75 Å². The molecule has 0 atom stereocenters. The number of benzene rings is 1. The minimum atomic E-state index is -0.351. The lowest BCUT2D eigenvalue weighted by molar-refractivity contribution is -0.137. The van der Waals surface area contributed by atoms with Gasteiger partial charge in [-0.15, -0.1) is 0 Å². The zero-order valence-corrected chi connectivity index (χ0v) is 16.9. The van der Waals surface area contributed by atoms with Crippen molar-refractivity contribution in [1.29, 1.82) is 0 Å². The van der Waals surface area contributed by atoms with Crippen LogP contribution in [0.3, 0.4) is 0 Å². The third kappa shape index (κ3) is 9.08. The molecular formula is C20H31N3O4. The van der Waals surface area contributed by atoms with E-state index in [1.807, 2.05) is 27.7 Å². The number of nitrogens with zero attached hydrogens (tertiary/aromatic N) is 1. The summed E-state index contributed by atoms with van der Waals surface area (Å²) in [6, 6.07) is 6.90. The second-order valence-electron chi connectivity index (χ2n) is 7.61. The molecule has 150 valence electrons. The van der Waals surface area contributed by atoms with Gasteiger partial charge >= 0.3 is 0 Å². The molecule has 0 aromatic heterocycles. The largest absolute Gasteiger partial charge is 0.497 e. The minimum Gasteiger partial charge on any atom is -0.497 e. The second-order valence-corrected chi connectivity index (χ2v) is 7.61. The molecule has 1 rings (SSSR count). The van der Waals surface area contributed by atoms with E-state index in [0.717, 1.165) is 6.42 Å². The molecule has 0 fully saturated rings. The van der Waals surface area contributed by atoms with Crippen LogP contribution in [0.15, 0.2) is 24.3 Å². The van der Waals surface area contributed by atoms with Crippen molar-refractivity contribution in [3.05, 3.63) is 24.3 Å². The molecule has 7 nitrogen and oxygen atoms in total. The molecule has 0 spiro atoms. The van der Waals surface area contributed by atoms with Crippen molar-refractivity contribution in [3.8, 4) is 5.75 Å². The quantitative estimate of drug-likeness (QED) is 0.692. The Labute approximate surface area is 161 Å². The molecule has 0 radical (unpaired) electrons. The highest BCUT2D eigenvalue weighted by Gasteiger charge is 2.22. The number of carbonyl (C=O) groups excluding carboxylic acids is 3. The molecule has 27 heavy (non-hydrogen) atoms. The van der Waals surface area contributed by atoms with Crippen LogP contribution in [0.4, 0.5) is 5.69 Å². The van der Waals surface area contributed by atoms with E-state index in [2.05, 4.69) is 10.6 Å². The maximum absolute atomic E-state index is 12.4. The molecule has 0 saturated heterocycles. The number of nitrogens with one attached hydrogen (secondary N) is 2. The monoisotopic (exact) mass is 377 g/mol. The molecule has 0 heterocycles. The number of anilines is 1. The van der Waals surface area contributed by atoms with Crippen LogP contribution < -0.4 is 15.4 Å². The van der Waals surface area contributed by atoms with Gasteiger partial charge < -0.3 is 20.3 Å². The molecule has 3 amide bonds. The summed E-state index contributed by atoms with van der Waals surface area (Å²) in [6.07, 6.45) is 1.14. The number of amides is 3. The van der Waals surface area contributed by atoms with Crippen LogP contribution >= 0.6 is 0 Å². The van der Waals surface area contributed by atoms with Crippen LogP contribution in [0.1, 0.15) is 40.5 Å². The minimum absolute atomic E-state index is 0.0431. The Kier molecular flexibility index (Phi) is 8.78. The lowest BCUT2D eigenvalue weighted by atomic mass is 9.91. The topological polar surface area (TPSA) is 87.7 Å². The fourth-order valence-corrected chi connectivity index (χ4v) is 2.41. The van der Waals surface area contributed by atoms with Gasteiger partial charge in [-0.25, -0.2) is 0 Å². The lowest BCUT2D eigenvalue weighted by Crippen LogP contribution is -2.44. The first-order valence-electron chi connectivity index (χ1n) is 9.13. The van der Waals surface area contributed by atoms with E-state index in [1.54, 1.807) is 36.3 Å². The highest BCUT2D eigenvalue weighted by molar-refractivity contribution is 5.95. The molecule has 1 aromatic carbocycles. The van der Waals surface area contributed by atoms with Gasteiger partial charge in [-0.2, -0.15) is 0 Å². The first-order chi connectivity index (χ1) is 12.6. The number of carbonyl (C=O) groups is 3. The number of rotatable bonds is 9. The molecular weight excluding hydrogens is 346 g/mol. The Hall–Kier alpha value is -2.57. The third-order valence-electron chi connectivity index (χ3n) is 3.68. The molecule has 1 aromatic rings. The zero-order valence-electron chi connectivity index (χ0n) is 16.9. The maximum atomic E-state index is 12.4. The van der Waals surface area contributed by atoms with Gasteiger partial charge in [-0.3, -0.25) is 14.4 Å². The molecule has 0 aliphatic carbocycles. The molecule has 7 heteroatoms. The molecule has 0 saturated carbocycles. The predicted octanol–water partition coefficient (Wildman–Crippen LogP) is 2.42. The number of hydrogen-bond donors (Lipinski definition) is 2. The molecule has 0 bridgehead atoms. The maximum Gasteiger partial charge on any atom is 0.243 e. The summed E-state index contributed by atoms with van der Waals surface area (Å²) in [5.41, 5.74) is 0.473. The summed E-state index contributed by atoms with van der Waals surface area (Å²) in [4.78, 5) is 38.0. The summed E-state index contributed by atoms with van der Waals surface area (Å²) in [5.74, 6) is -0.0495. The summed E-state index contributed by atoms with van der Waals surface area (Å²) >= 11 is 0. The van der Waals surface area contributed by atoms with Crippen molar-refractivity contribution in [1.82, 2.24) is 10.2 Å². The Bertz CT molecular complexity index is 636. The highest BCUT2D eigenvalue weighted by Crippen LogP contribution is 2.20. The van der Waals surface area contributed by atoms with Gasteiger partial charge in [0.05, 0.1) is 20.2 Å². The van der Waals surface area contributed by atoms with Crippen LogP contribution in [-0.4, -0.2) is 49.4 Å². The smallest absolute Gasteiger partial charge is 0.243 e. The Morgan fingerprint density at radius 2 is 1.70 bits per heavy atom. The van der Waals surface area contributed by atoms with E-state index in [0.29, 0.717) is 24.4 Å².